The lowest BCUT2D eigenvalue weighted by molar-refractivity contribution is -0.242. The summed E-state index contributed by atoms with van der Waals surface area (Å²) in [4.78, 5) is 25.1. The molecule has 5 atom stereocenters. The van der Waals surface area contributed by atoms with Crippen molar-refractivity contribution < 1.29 is 38.4 Å². The van der Waals surface area contributed by atoms with Crippen LogP contribution in [0.2, 0.25) is 0 Å². The van der Waals surface area contributed by atoms with Crippen LogP contribution in [0.3, 0.4) is 0 Å². The van der Waals surface area contributed by atoms with Crippen LogP contribution in [0.1, 0.15) is 41.5 Å². The lowest BCUT2D eigenvalue weighted by Crippen LogP contribution is -2.57. The topological polar surface area (TPSA) is 102 Å². The summed E-state index contributed by atoms with van der Waals surface area (Å²) in [5, 5.41) is 21.6. The predicted octanol–water partition coefficient (Wildman–Crippen LogP) is 4.11. The first-order valence-corrected chi connectivity index (χ1v) is 12.7. The molecule has 0 spiro atoms. The number of halogens is 1. The summed E-state index contributed by atoms with van der Waals surface area (Å²) in [6, 6.07) is 16.1. The van der Waals surface area contributed by atoms with Gasteiger partial charge in [-0.25, -0.2) is 4.39 Å². The molecule has 1 aliphatic heterocycles. The minimum Gasteiger partial charge on any atom is -0.463 e. The van der Waals surface area contributed by atoms with Crippen LogP contribution in [0, 0.1) is 12.7 Å². The monoisotopic (exact) mass is 528 g/mol. The van der Waals surface area contributed by atoms with Gasteiger partial charge in [-0.15, -0.1) is 11.3 Å². The Balaban J connectivity index is 1.56. The molecule has 7 nitrogen and oxygen atoms in total. The average molecular weight is 529 g/mol. The Morgan fingerprint density at radius 1 is 1.00 bits per heavy atom. The Kier molecular flexibility index (Phi) is 8.39. The number of aliphatic hydroxyl groups is 2. The zero-order chi connectivity index (χ0) is 26.7. The first kappa shape index (κ1) is 26.9. The van der Waals surface area contributed by atoms with E-state index in [1.807, 2.05) is 37.3 Å². The van der Waals surface area contributed by atoms with Crippen LogP contribution < -0.4 is 0 Å². The summed E-state index contributed by atoms with van der Waals surface area (Å²) in [6.07, 6.45) is -5.27. The molecule has 2 N–H and O–H groups in total. The molecule has 0 saturated carbocycles. The number of ether oxygens (including phenoxy) is 3. The van der Waals surface area contributed by atoms with Crippen LogP contribution in [0.15, 0.2) is 54.6 Å². The van der Waals surface area contributed by atoms with Gasteiger partial charge in [0.2, 0.25) is 0 Å². The first-order valence-electron chi connectivity index (χ1n) is 11.9. The second-order valence-electron chi connectivity index (χ2n) is 9.09. The van der Waals surface area contributed by atoms with E-state index < -0.39 is 42.5 Å². The zero-order valence-corrected chi connectivity index (χ0v) is 21.5. The lowest BCUT2D eigenvalue weighted by Gasteiger charge is -2.42. The van der Waals surface area contributed by atoms with Gasteiger partial charge in [0, 0.05) is 30.0 Å². The van der Waals surface area contributed by atoms with Crippen molar-refractivity contribution in [1.82, 2.24) is 0 Å². The normalized spacial score (nSPS) is 23.5. The predicted molar refractivity (Wildman–Crippen MR) is 136 cm³/mol. The molecule has 9 heteroatoms. The van der Waals surface area contributed by atoms with Gasteiger partial charge in [-0.05, 0) is 53.4 Å². The molecule has 2 aromatic carbocycles. The van der Waals surface area contributed by atoms with E-state index in [-0.39, 0.29) is 12.4 Å². The number of rotatable bonds is 7. The molecule has 196 valence electrons. The summed E-state index contributed by atoms with van der Waals surface area (Å²) in [7, 11) is 0. The Morgan fingerprint density at radius 3 is 2.41 bits per heavy atom. The molecule has 0 radical (unpaired) electrons. The molecule has 1 saturated heterocycles. The van der Waals surface area contributed by atoms with E-state index in [1.54, 1.807) is 23.5 Å². The van der Waals surface area contributed by atoms with Gasteiger partial charge in [0.25, 0.3) is 0 Å². The maximum absolute atomic E-state index is 13.3. The number of aliphatic hydroxyl groups excluding tert-OH is 2. The number of carbonyl (C=O) groups is 2. The fraction of sp³-hybridized carbons (Fsp3) is 0.357. The highest BCUT2D eigenvalue weighted by Crippen LogP contribution is 2.36. The molecule has 4 rings (SSSR count). The Labute approximate surface area is 218 Å². The van der Waals surface area contributed by atoms with Crippen LogP contribution >= 0.6 is 11.3 Å². The molecular formula is C28H29FO7S. The maximum Gasteiger partial charge on any atom is 0.303 e. The van der Waals surface area contributed by atoms with Crippen LogP contribution in [0.5, 0.6) is 0 Å². The number of benzene rings is 2. The third kappa shape index (κ3) is 6.42. The van der Waals surface area contributed by atoms with Crippen molar-refractivity contribution in [2.75, 3.05) is 6.61 Å². The molecule has 1 fully saturated rings. The lowest BCUT2D eigenvalue weighted by atomic mass is 9.89. The second kappa shape index (κ2) is 11.5. The van der Waals surface area contributed by atoms with E-state index in [4.69, 9.17) is 14.2 Å². The van der Waals surface area contributed by atoms with Crippen LogP contribution in [0.4, 0.5) is 4.39 Å². The van der Waals surface area contributed by atoms with Gasteiger partial charge in [-0.1, -0.05) is 30.3 Å². The van der Waals surface area contributed by atoms with Gasteiger partial charge in [-0.2, -0.15) is 0 Å². The van der Waals surface area contributed by atoms with Gasteiger partial charge in [0.15, 0.2) is 6.10 Å². The number of carbonyl (C=O) groups excluding carboxylic acids is 2. The van der Waals surface area contributed by atoms with Crippen LogP contribution in [-0.2, 0) is 30.2 Å². The first-order chi connectivity index (χ1) is 17.6. The Morgan fingerprint density at radius 2 is 1.73 bits per heavy atom. The highest BCUT2D eigenvalue weighted by molar-refractivity contribution is 7.15. The van der Waals surface area contributed by atoms with E-state index in [9.17, 15) is 24.2 Å². The van der Waals surface area contributed by atoms with Crippen molar-refractivity contribution in [2.24, 2.45) is 0 Å². The van der Waals surface area contributed by atoms with Crippen LogP contribution in [0.25, 0.3) is 10.4 Å². The van der Waals surface area contributed by atoms with Gasteiger partial charge >= 0.3 is 11.9 Å². The largest absolute Gasteiger partial charge is 0.463 e. The van der Waals surface area contributed by atoms with E-state index in [0.29, 0.717) is 12.0 Å². The van der Waals surface area contributed by atoms with Gasteiger partial charge in [0.1, 0.15) is 36.8 Å². The standard InChI is InChI=1S/C28H29FO7S/c1-15-4-5-19(12-20(15)13-22-10-11-24(37-22)18-6-8-21(29)9-7-18)27-25(32)26(33)28(35-17(3)31)23(36-27)14-34-16(2)30/h4-12,23,25-28,32-33H,13-14H2,1-3H3/t23-,25-,26-,27+,28-/m1/s1. The molecule has 0 aliphatic carbocycles. The minimum atomic E-state index is -1.44. The molecule has 1 aliphatic rings. The summed E-state index contributed by atoms with van der Waals surface area (Å²) in [6.45, 7) is 4.17. The number of esters is 2. The van der Waals surface area contributed by atoms with Gasteiger partial charge in [0.05, 0.1) is 0 Å². The van der Waals surface area contributed by atoms with E-state index in [0.717, 1.165) is 26.4 Å². The SMILES string of the molecule is CC(=O)OC[C@H]1O[C@@H](c2ccc(C)c(Cc3ccc(-c4ccc(F)cc4)s3)c2)[C@H](O)[C@@H](O)[C@@H]1OC(C)=O. The van der Waals surface area contributed by atoms with Crippen LogP contribution in [-0.4, -0.2) is 53.2 Å². The van der Waals surface area contributed by atoms with Crippen molar-refractivity contribution in [3.63, 3.8) is 0 Å². The Bertz CT molecular complexity index is 1260. The van der Waals surface area contributed by atoms with Crippen molar-refractivity contribution >= 4 is 23.3 Å². The van der Waals surface area contributed by atoms with Crippen molar-refractivity contribution in [3.8, 4) is 10.4 Å². The third-order valence-corrected chi connectivity index (χ3v) is 7.43. The second-order valence-corrected chi connectivity index (χ2v) is 10.3. The summed E-state index contributed by atoms with van der Waals surface area (Å²) in [5.41, 5.74) is 3.63. The van der Waals surface area contributed by atoms with E-state index >= 15 is 0 Å². The van der Waals surface area contributed by atoms with Crippen molar-refractivity contribution in [1.29, 1.82) is 0 Å². The quantitative estimate of drug-likeness (QED) is 0.445. The Hall–Kier alpha value is -3.11. The zero-order valence-electron chi connectivity index (χ0n) is 20.7. The molecule has 37 heavy (non-hydrogen) atoms. The molecule has 3 aromatic rings. The number of hydrogen-bond donors (Lipinski definition) is 2. The van der Waals surface area contributed by atoms with Gasteiger partial charge < -0.3 is 24.4 Å². The highest BCUT2D eigenvalue weighted by atomic mass is 32.1. The minimum absolute atomic E-state index is 0.242. The summed E-state index contributed by atoms with van der Waals surface area (Å²) >= 11 is 1.61. The van der Waals surface area contributed by atoms with E-state index in [2.05, 4.69) is 0 Å². The highest BCUT2D eigenvalue weighted by Gasteiger charge is 2.47. The van der Waals surface area contributed by atoms with E-state index in [1.165, 1.54) is 26.0 Å². The number of hydrogen-bond acceptors (Lipinski definition) is 8. The fourth-order valence-electron chi connectivity index (χ4n) is 4.37. The van der Waals surface area contributed by atoms with Gasteiger partial charge in [-0.3, -0.25) is 9.59 Å². The molecule has 0 bridgehead atoms. The third-order valence-electron chi connectivity index (χ3n) is 6.29. The molecule has 1 aromatic heterocycles. The summed E-state index contributed by atoms with van der Waals surface area (Å²) in [5.74, 6) is -1.48. The fourth-order valence-corrected chi connectivity index (χ4v) is 5.41. The summed E-state index contributed by atoms with van der Waals surface area (Å²) < 4.78 is 29.6. The van der Waals surface area contributed by atoms with Crippen molar-refractivity contribution in [3.05, 3.63) is 82.0 Å². The van der Waals surface area contributed by atoms with Crippen molar-refractivity contribution in [2.45, 2.75) is 57.7 Å². The maximum atomic E-state index is 13.3. The average Bonchev–Trinajstić information content (AvgIpc) is 3.31. The number of thiophene rings is 1. The number of aryl methyl sites for hydroxylation is 1. The molecular weight excluding hydrogens is 499 g/mol. The smallest absolute Gasteiger partial charge is 0.303 e. The molecule has 0 unspecified atom stereocenters. The molecule has 2 heterocycles. The molecule has 0 amide bonds.